The molecule has 0 heterocycles. The van der Waals surface area contributed by atoms with Gasteiger partial charge in [0.1, 0.15) is 6.61 Å². The number of nitro groups is 1. The molecule has 1 unspecified atom stereocenters. The largest absolute Gasteiger partial charge is 0.492 e. The van der Waals surface area contributed by atoms with Gasteiger partial charge in [-0.3, -0.25) is 14.9 Å². The highest BCUT2D eigenvalue weighted by Gasteiger charge is 2.29. The smallest absolute Gasteiger partial charge is 0.407 e. The predicted molar refractivity (Wildman–Crippen MR) is 139 cm³/mol. The zero-order chi connectivity index (χ0) is 27.2. The van der Waals surface area contributed by atoms with E-state index in [2.05, 4.69) is 5.32 Å². The van der Waals surface area contributed by atoms with Crippen LogP contribution in [0.5, 0.6) is 11.5 Å². The molecule has 10 heteroatoms. The quantitative estimate of drug-likeness (QED) is 0.194. The van der Waals surface area contributed by atoms with Crippen LogP contribution in [0.4, 0.5) is 10.5 Å². The number of alkyl carbamates (subject to hydrolysis) is 1. The van der Waals surface area contributed by atoms with Crippen LogP contribution in [-0.4, -0.2) is 42.4 Å². The van der Waals surface area contributed by atoms with Crippen LogP contribution in [0.25, 0.3) is 11.1 Å². The van der Waals surface area contributed by atoms with Crippen LogP contribution in [-0.2, 0) is 9.53 Å². The number of rotatable bonds is 11. The van der Waals surface area contributed by atoms with E-state index in [1.54, 1.807) is 6.92 Å². The highest BCUT2D eigenvalue weighted by Crippen LogP contribution is 2.44. The van der Waals surface area contributed by atoms with Gasteiger partial charge in [-0.05, 0) is 35.6 Å². The molecule has 198 valence electrons. The number of fused-ring (bicyclic) bond motifs is 3. The number of benzene rings is 3. The average Bonchev–Trinajstić information content (AvgIpc) is 3.22. The van der Waals surface area contributed by atoms with Gasteiger partial charge in [0.05, 0.1) is 30.7 Å². The molecular weight excluding hydrogens is 492 g/mol. The maximum Gasteiger partial charge on any atom is 0.407 e. The molecule has 1 aliphatic rings. The van der Waals surface area contributed by atoms with Gasteiger partial charge in [-0.25, -0.2) is 4.79 Å². The second-order valence-electron chi connectivity index (χ2n) is 8.86. The van der Waals surface area contributed by atoms with Gasteiger partial charge in [-0.1, -0.05) is 48.5 Å². The Morgan fingerprint density at radius 1 is 1.08 bits per heavy atom. The second kappa shape index (κ2) is 11.6. The van der Waals surface area contributed by atoms with E-state index in [1.807, 2.05) is 48.5 Å². The second-order valence-corrected chi connectivity index (χ2v) is 8.86. The van der Waals surface area contributed by atoms with E-state index in [1.165, 1.54) is 19.2 Å². The van der Waals surface area contributed by atoms with Gasteiger partial charge in [0.2, 0.25) is 0 Å². The van der Waals surface area contributed by atoms with Crippen molar-refractivity contribution < 1.29 is 33.8 Å². The van der Waals surface area contributed by atoms with Crippen molar-refractivity contribution in [1.29, 1.82) is 0 Å². The van der Waals surface area contributed by atoms with E-state index in [-0.39, 0.29) is 49.2 Å². The molecule has 1 amide bonds. The molecule has 0 fully saturated rings. The summed E-state index contributed by atoms with van der Waals surface area (Å²) < 4.78 is 16.7. The summed E-state index contributed by atoms with van der Waals surface area (Å²) in [7, 11) is 1.38. The molecule has 10 nitrogen and oxygen atoms in total. The van der Waals surface area contributed by atoms with Crippen LogP contribution >= 0.6 is 0 Å². The minimum atomic E-state index is -0.971. The minimum Gasteiger partial charge on any atom is -0.492 e. The number of hydrogen-bond donors (Lipinski definition) is 2. The third-order valence-corrected chi connectivity index (χ3v) is 6.42. The number of nitro benzene ring substituents is 1. The molecule has 0 spiro atoms. The first-order chi connectivity index (χ1) is 18.3. The monoisotopic (exact) mass is 520 g/mol. The van der Waals surface area contributed by atoms with Gasteiger partial charge in [0.25, 0.3) is 5.69 Å². The van der Waals surface area contributed by atoms with Gasteiger partial charge >= 0.3 is 12.1 Å². The number of hydrogen-bond acceptors (Lipinski definition) is 7. The molecule has 1 aliphatic carbocycles. The Labute approximate surface area is 219 Å². The van der Waals surface area contributed by atoms with Crippen LogP contribution < -0.4 is 14.8 Å². The highest BCUT2D eigenvalue weighted by atomic mass is 16.6. The van der Waals surface area contributed by atoms with Crippen molar-refractivity contribution in [2.24, 2.45) is 0 Å². The zero-order valence-corrected chi connectivity index (χ0v) is 21.0. The molecular formula is C28H28N2O8. The van der Waals surface area contributed by atoms with E-state index in [9.17, 15) is 19.7 Å². The number of aliphatic carboxylic acids is 1. The number of ether oxygens (including phenoxy) is 3. The molecule has 0 saturated carbocycles. The number of carbonyl (C=O) groups excluding carboxylic acids is 1. The van der Waals surface area contributed by atoms with E-state index >= 15 is 0 Å². The number of non-ortho nitro benzene ring substituents is 1. The zero-order valence-electron chi connectivity index (χ0n) is 21.0. The van der Waals surface area contributed by atoms with Crippen molar-refractivity contribution in [2.75, 3.05) is 20.3 Å². The van der Waals surface area contributed by atoms with Crippen molar-refractivity contribution in [1.82, 2.24) is 5.32 Å². The summed E-state index contributed by atoms with van der Waals surface area (Å²) in [6.45, 7) is 1.80. The lowest BCUT2D eigenvalue weighted by atomic mass is 9.98. The van der Waals surface area contributed by atoms with Crippen molar-refractivity contribution in [3.63, 3.8) is 0 Å². The van der Waals surface area contributed by atoms with Crippen molar-refractivity contribution in [3.8, 4) is 22.6 Å². The lowest BCUT2D eigenvalue weighted by Gasteiger charge is -2.20. The van der Waals surface area contributed by atoms with Gasteiger partial charge in [-0.15, -0.1) is 0 Å². The molecule has 1 atom stereocenters. The topological polar surface area (TPSA) is 137 Å². The van der Waals surface area contributed by atoms with Crippen molar-refractivity contribution in [2.45, 2.75) is 31.7 Å². The summed E-state index contributed by atoms with van der Waals surface area (Å²) in [4.78, 5) is 34.5. The number of carboxylic acids is 1. The SMILES string of the molecule is COc1c(OCCCC(=O)O)cc([N+](=O)[O-])cc1C(C)NC(=O)OCC1c2ccccc2-c2ccccc21. The molecule has 0 radical (unpaired) electrons. The van der Waals surface area contributed by atoms with Crippen LogP contribution in [0.2, 0.25) is 0 Å². The Morgan fingerprint density at radius 3 is 2.29 bits per heavy atom. The number of carbonyl (C=O) groups is 2. The predicted octanol–water partition coefficient (Wildman–Crippen LogP) is 5.45. The van der Waals surface area contributed by atoms with Gasteiger partial charge < -0.3 is 24.6 Å². The minimum absolute atomic E-state index is 0.0253. The number of carboxylic acid groups (broad SMARTS) is 1. The van der Waals surface area contributed by atoms with Gasteiger partial charge in [0, 0.05) is 24.0 Å². The van der Waals surface area contributed by atoms with Crippen LogP contribution in [0.3, 0.4) is 0 Å². The van der Waals surface area contributed by atoms with Crippen LogP contribution in [0.1, 0.15) is 48.4 Å². The van der Waals surface area contributed by atoms with E-state index in [0.717, 1.165) is 22.3 Å². The lowest BCUT2D eigenvalue weighted by molar-refractivity contribution is -0.385. The molecule has 2 N–H and O–H groups in total. The third kappa shape index (κ3) is 5.69. The Bertz CT molecular complexity index is 1310. The molecule has 0 aromatic heterocycles. The molecule has 0 saturated heterocycles. The maximum atomic E-state index is 12.8. The molecule has 3 aromatic carbocycles. The first-order valence-electron chi connectivity index (χ1n) is 12.1. The normalized spacial score (nSPS) is 12.7. The molecule has 4 rings (SSSR count). The first kappa shape index (κ1) is 26.5. The molecule has 38 heavy (non-hydrogen) atoms. The average molecular weight is 521 g/mol. The Morgan fingerprint density at radius 2 is 1.71 bits per heavy atom. The number of nitrogens with zero attached hydrogens (tertiary/aromatic N) is 1. The summed E-state index contributed by atoms with van der Waals surface area (Å²) in [6.07, 6.45) is -0.578. The van der Waals surface area contributed by atoms with E-state index in [0.29, 0.717) is 5.56 Å². The standard InChI is InChI=1S/C28H28N2O8/c1-17(23-14-18(30(34)35)15-25(27(23)36-2)37-13-7-12-26(31)32)29-28(33)38-16-24-21-10-5-3-8-19(21)20-9-4-6-11-22(20)24/h3-6,8-11,14-15,17,24H,7,12-13,16H2,1-2H3,(H,29,33)(H,31,32). The Kier molecular flexibility index (Phi) is 8.10. The fraction of sp³-hybridized carbons (Fsp3) is 0.286. The highest BCUT2D eigenvalue weighted by molar-refractivity contribution is 5.79. The lowest BCUT2D eigenvalue weighted by Crippen LogP contribution is -2.29. The third-order valence-electron chi connectivity index (χ3n) is 6.42. The molecule has 3 aromatic rings. The fourth-order valence-corrected chi connectivity index (χ4v) is 4.66. The first-order valence-corrected chi connectivity index (χ1v) is 12.1. The van der Waals surface area contributed by atoms with E-state index in [4.69, 9.17) is 19.3 Å². The summed E-state index contributed by atoms with van der Waals surface area (Å²) in [5.74, 6) is -0.788. The fourth-order valence-electron chi connectivity index (χ4n) is 4.66. The van der Waals surface area contributed by atoms with E-state index < -0.39 is 23.0 Å². The van der Waals surface area contributed by atoms with Gasteiger partial charge in [0.15, 0.2) is 11.5 Å². The van der Waals surface area contributed by atoms with Crippen LogP contribution in [0, 0.1) is 10.1 Å². The van der Waals surface area contributed by atoms with Gasteiger partial charge in [-0.2, -0.15) is 0 Å². The van der Waals surface area contributed by atoms with Crippen molar-refractivity contribution in [3.05, 3.63) is 87.5 Å². The summed E-state index contributed by atoms with van der Waals surface area (Å²) in [5, 5.41) is 23.1. The summed E-state index contributed by atoms with van der Waals surface area (Å²) in [5.41, 5.74) is 4.46. The number of methoxy groups -OCH3 is 1. The van der Waals surface area contributed by atoms with Crippen molar-refractivity contribution >= 4 is 17.7 Å². The molecule has 0 bridgehead atoms. The van der Waals surface area contributed by atoms with Crippen LogP contribution in [0.15, 0.2) is 60.7 Å². The molecule has 0 aliphatic heterocycles. The summed E-state index contributed by atoms with van der Waals surface area (Å²) in [6, 6.07) is 17.8. The Balaban J connectivity index is 1.48. The Hall–Kier alpha value is -4.60. The number of nitrogens with one attached hydrogen (secondary N) is 1. The summed E-state index contributed by atoms with van der Waals surface area (Å²) >= 11 is 0. The maximum absolute atomic E-state index is 12.8. The number of amides is 1.